The van der Waals surface area contributed by atoms with Crippen molar-refractivity contribution in [2.75, 3.05) is 25.0 Å². The summed E-state index contributed by atoms with van der Waals surface area (Å²) in [6, 6.07) is 1.97. The Morgan fingerprint density at radius 3 is 2.70 bits per heavy atom. The maximum absolute atomic E-state index is 12.3. The molecule has 2 rings (SSSR count). The Balaban J connectivity index is 0.00000200. The molecular weight excluding hydrogens is 275 g/mol. The summed E-state index contributed by atoms with van der Waals surface area (Å²) in [6.07, 6.45) is -4.42. The molecule has 8 heteroatoms. The summed E-state index contributed by atoms with van der Waals surface area (Å²) < 4.78 is 42.2. The van der Waals surface area contributed by atoms with Crippen LogP contribution in [-0.2, 0) is 15.7 Å². The molecule has 5 nitrogen and oxygen atoms in total. The molecule has 1 aromatic heterocycles. The third kappa shape index (κ3) is 4.17. The van der Waals surface area contributed by atoms with Gasteiger partial charge in [0.15, 0.2) is 0 Å². The molecule has 2 heterocycles. The molecule has 1 aromatic rings. The number of carbonyl (C=O) groups excluding carboxylic acids is 1. The predicted molar refractivity (Wildman–Crippen MR) is 67.2 cm³/mol. The van der Waals surface area contributed by atoms with Crippen molar-refractivity contribution in [2.45, 2.75) is 19.7 Å². The minimum Gasteiger partial charge on any atom is -0.366 e. The van der Waals surface area contributed by atoms with E-state index in [4.69, 9.17) is 4.74 Å². The average molecular weight is 291 g/mol. The van der Waals surface area contributed by atoms with Crippen molar-refractivity contribution in [1.29, 1.82) is 0 Å². The van der Waals surface area contributed by atoms with Crippen molar-refractivity contribution in [3.8, 4) is 0 Å². The second-order valence-electron chi connectivity index (χ2n) is 3.98. The second-order valence-corrected chi connectivity index (χ2v) is 3.98. The number of hydrogen-bond donors (Lipinski definition) is 2. The number of morpholine rings is 1. The Morgan fingerprint density at radius 1 is 1.45 bits per heavy atom. The lowest BCUT2D eigenvalue weighted by molar-refractivity contribution is -0.137. The molecule has 2 N–H and O–H groups in total. The van der Waals surface area contributed by atoms with E-state index in [0.29, 0.717) is 25.9 Å². The van der Waals surface area contributed by atoms with Crippen LogP contribution >= 0.6 is 0 Å². The molecular formula is C12H16F3N3O2. The van der Waals surface area contributed by atoms with Crippen molar-refractivity contribution in [2.24, 2.45) is 0 Å². The highest BCUT2D eigenvalue weighted by Gasteiger charge is 2.30. The summed E-state index contributed by atoms with van der Waals surface area (Å²) in [6.45, 7) is 1.45. The lowest BCUT2D eigenvalue weighted by Gasteiger charge is -2.22. The third-order valence-electron chi connectivity index (χ3n) is 2.56. The first kappa shape index (κ1) is 16.4. The summed E-state index contributed by atoms with van der Waals surface area (Å²) in [5.74, 6) is -0.369. The fraction of sp³-hybridized carbons (Fsp3) is 0.500. The maximum Gasteiger partial charge on any atom is 0.417 e. The van der Waals surface area contributed by atoms with Crippen LogP contribution in [0.2, 0.25) is 0 Å². The molecule has 1 saturated heterocycles. The number of aromatic nitrogens is 1. The molecule has 0 spiro atoms. The highest BCUT2D eigenvalue weighted by atomic mass is 19.4. The number of alkyl halides is 3. The van der Waals surface area contributed by atoms with E-state index in [1.165, 1.54) is 0 Å². The molecule has 0 bridgehead atoms. The summed E-state index contributed by atoms with van der Waals surface area (Å²) in [7, 11) is 0. The van der Waals surface area contributed by atoms with Crippen LogP contribution in [0.4, 0.5) is 19.0 Å². The zero-order chi connectivity index (χ0) is 13.9. The van der Waals surface area contributed by atoms with E-state index < -0.39 is 23.8 Å². The van der Waals surface area contributed by atoms with Gasteiger partial charge in [0, 0.05) is 19.3 Å². The van der Waals surface area contributed by atoms with Gasteiger partial charge in [-0.25, -0.2) is 4.98 Å². The van der Waals surface area contributed by atoms with Gasteiger partial charge in [-0.3, -0.25) is 4.79 Å². The van der Waals surface area contributed by atoms with Gasteiger partial charge < -0.3 is 15.4 Å². The summed E-state index contributed by atoms with van der Waals surface area (Å²) in [4.78, 5) is 15.3. The number of ether oxygens (including phenoxy) is 1. The number of anilines is 1. The third-order valence-corrected chi connectivity index (χ3v) is 2.56. The molecule has 0 saturated carbocycles. The molecule has 1 unspecified atom stereocenters. The molecule has 0 aromatic carbocycles. The Bertz CT molecular complexity index is 442. The first-order chi connectivity index (χ1) is 8.97. The number of pyridine rings is 1. The number of carbonyl (C=O) groups is 1. The monoisotopic (exact) mass is 291 g/mol. The maximum atomic E-state index is 12.3. The van der Waals surface area contributed by atoms with E-state index in [-0.39, 0.29) is 13.2 Å². The van der Waals surface area contributed by atoms with Crippen LogP contribution in [0.1, 0.15) is 13.0 Å². The molecule has 1 aliphatic rings. The minimum atomic E-state index is -4.44. The lowest BCUT2D eigenvalue weighted by atomic mass is 10.2. The van der Waals surface area contributed by atoms with Gasteiger partial charge in [0.1, 0.15) is 11.9 Å². The van der Waals surface area contributed by atoms with Crippen LogP contribution in [0.25, 0.3) is 0 Å². The Morgan fingerprint density at radius 2 is 2.20 bits per heavy atom. The largest absolute Gasteiger partial charge is 0.417 e. The van der Waals surface area contributed by atoms with Gasteiger partial charge >= 0.3 is 6.18 Å². The van der Waals surface area contributed by atoms with E-state index in [0.717, 1.165) is 12.1 Å². The number of halogens is 3. The van der Waals surface area contributed by atoms with Crippen molar-refractivity contribution in [3.05, 3.63) is 23.9 Å². The van der Waals surface area contributed by atoms with Crippen LogP contribution in [0.5, 0.6) is 0 Å². The molecule has 0 aliphatic carbocycles. The van der Waals surface area contributed by atoms with Gasteiger partial charge in [-0.2, -0.15) is 13.2 Å². The van der Waals surface area contributed by atoms with E-state index in [1.54, 1.807) is 0 Å². The average Bonchev–Trinajstić information content (AvgIpc) is 2.39. The van der Waals surface area contributed by atoms with Crippen LogP contribution in [-0.4, -0.2) is 36.7 Å². The molecule has 20 heavy (non-hydrogen) atoms. The molecule has 1 fully saturated rings. The lowest BCUT2D eigenvalue weighted by Crippen LogP contribution is -2.45. The van der Waals surface area contributed by atoms with Gasteiger partial charge in [-0.15, -0.1) is 0 Å². The molecule has 1 atom stereocenters. The number of nitrogens with zero attached hydrogens (tertiary/aromatic N) is 1. The van der Waals surface area contributed by atoms with Crippen LogP contribution in [0.3, 0.4) is 0 Å². The van der Waals surface area contributed by atoms with Crippen molar-refractivity contribution >= 4 is 11.7 Å². The fourth-order valence-corrected chi connectivity index (χ4v) is 1.58. The highest BCUT2D eigenvalue weighted by molar-refractivity contribution is 5.93. The normalized spacial score (nSPS) is 19.1. The predicted octanol–water partition coefficient (Wildman–Crippen LogP) is 1.66. The molecule has 1 amide bonds. The van der Waals surface area contributed by atoms with E-state index in [2.05, 4.69) is 15.6 Å². The molecule has 0 radical (unpaired) electrons. The Labute approximate surface area is 114 Å². The molecule has 1 aliphatic heterocycles. The van der Waals surface area contributed by atoms with Crippen LogP contribution in [0, 0.1) is 0 Å². The quantitative estimate of drug-likeness (QED) is 0.870. The zero-order valence-electron chi connectivity index (χ0n) is 9.83. The first-order valence-corrected chi connectivity index (χ1v) is 5.63. The van der Waals surface area contributed by atoms with Crippen molar-refractivity contribution in [3.63, 3.8) is 0 Å². The topological polar surface area (TPSA) is 63.2 Å². The fourth-order valence-electron chi connectivity index (χ4n) is 1.58. The van der Waals surface area contributed by atoms with E-state index in [9.17, 15) is 18.0 Å². The smallest absolute Gasteiger partial charge is 0.366 e. The van der Waals surface area contributed by atoms with Crippen molar-refractivity contribution in [1.82, 2.24) is 10.3 Å². The van der Waals surface area contributed by atoms with Gasteiger partial charge in [0.05, 0.1) is 12.2 Å². The summed E-state index contributed by atoms with van der Waals surface area (Å²) in [5, 5.41) is 5.38. The number of rotatable bonds is 2. The number of amides is 1. The first-order valence-electron chi connectivity index (χ1n) is 5.63. The SMILES string of the molecule is C.O=C(Nc1ccc(C(F)(F)F)cn1)C1CNCCO1. The van der Waals surface area contributed by atoms with Gasteiger partial charge in [-0.05, 0) is 12.1 Å². The Kier molecular flexibility index (Phi) is 5.46. The summed E-state index contributed by atoms with van der Waals surface area (Å²) in [5.41, 5.74) is -0.860. The number of nitrogens with one attached hydrogen (secondary N) is 2. The van der Waals surface area contributed by atoms with Crippen LogP contribution in [0.15, 0.2) is 18.3 Å². The van der Waals surface area contributed by atoms with E-state index in [1.807, 2.05) is 0 Å². The Hall–Kier alpha value is -1.67. The number of hydrogen-bond acceptors (Lipinski definition) is 4. The minimum absolute atomic E-state index is 0. The van der Waals surface area contributed by atoms with Crippen molar-refractivity contribution < 1.29 is 22.7 Å². The molecule has 112 valence electrons. The van der Waals surface area contributed by atoms with Gasteiger partial charge in [0.25, 0.3) is 5.91 Å². The zero-order valence-corrected chi connectivity index (χ0v) is 9.83. The van der Waals surface area contributed by atoms with E-state index >= 15 is 0 Å². The van der Waals surface area contributed by atoms with Gasteiger partial charge in [0.2, 0.25) is 0 Å². The van der Waals surface area contributed by atoms with Gasteiger partial charge in [-0.1, -0.05) is 7.43 Å². The second kappa shape index (κ2) is 6.67. The highest BCUT2D eigenvalue weighted by Crippen LogP contribution is 2.28. The standard InChI is InChI=1S/C11H12F3N3O2.CH4/c12-11(13,14)7-1-2-9(16-5-7)17-10(18)8-6-15-3-4-19-8;/h1-2,5,8,15H,3-4,6H2,(H,16,17,18);1H4. The van der Waals surface area contributed by atoms with Crippen LogP contribution < -0.4 is 10.6 Å². The summed E-state index contributed by atoms with van der Waals surface area (Å²) >= 11 is 0.